The summed E-state index contributed by atoms with van der Waals surface area (Å²) in [6.07, 6.45) is 4.25. The van der Waals surface area contributed by atoms with Crippen molar-refractivity contribution in [3.05, 3.63) is 71.2 Å². The Balaban J connectivity index is 0.973. The summed E-state index contributed by atoms with van der Waals surface area (Å²) < 4.78 is 25.1. The van der Waals surface area contributed by atoms with E-state index in [1.54, 1.807) is 17.0 Å². The molecule has 15 heteroatoms. The van der Waals surface area contributed by atoms with Crippen LogP contribution in [-0.4, -0.2) is 93.1 Å². The fourth-order valence-electron chi connectivity index (χ4n) is 8.75. The maximum absolute atomic E-state index is 15.5. The summed E-state index contributed by atoms with van der Waals surface area (Å²) >= 11 is 0. The molecule has 4 N–H and O–H groups in total. The molecule has 0 unspecified atom stereocenters. The normalized spacial score (nSPS) is 20.8. The minimum Gasteiger partial charge on any atom is -0.453 e. The number of likely N-dealkylation sites (tertiary alicyclic amines) is 2. The van der Waals surface area contributed by atoms with Gasteiger partial charge in [0.2, 0.25) is 17.8 Å². The van der Waals surface area contributed by atoms with Crippen LogP contribution in [0.3, 0.4) is 0 Å². The van der Waals surface area contributed by atoms with Crippen molar-refractivity contribution in [1.82, 2.24) is 40.4 Å². The number of aromatic amines is 2. The Hall–Kier alpha value is -5.91. The van der Waals surface area contributed by atoms with Crippen LogP contribution in [-0.2, 0) is 19.1 Å². The summed E-state index contributed by atoms with van der Waals surface area (Å²) in [5, 5.41) is 5.40. The van der Waals surface area contributed by atoms with Gasteiger partial charge in [-0.15, -0.1) is 0 Å². The number of imidazole rings is 2. The zero-order valence-corrected chi connectivity index (χ0v) is 34.3. The Bertz CT molecular complexity index is 2350. The van der Waals surface area contributed by atoms with E-state index in [1.807, 2.05) is 62.9 Å². The molecule has 4 aromatic rings. The lowest BCUT2D eigenvalue weighted by molar-refractivity contribution is -0.136. The van der Waals surface area contributed by atoms with Crippen LogP contribution >= 0.6 is 0 Å². The lowest BCUT2D eigenvalue weighted by Crippen LogP contribution is -2.51. The van der Waals surface area contributed by atoms with E-state index in [0.29, 0.717) is 36.7 Å². The summed E-state index contributed by atoms with van der Waals surface area (Å²) in [6, 6.07) is 10.8. The van der Waals surface area contributed by atoms with Gasteiger partial charge in [-0.3, -0.25) is 9.59 Å². The van der Waals surface area contributed by atoms with E-state index in [4.69, 9.17) is 14.5 Å². The number of carbonyl (C=O) groups is 4. The SMILES string of the molecule is COC(=O)N[C@H](C(=O)N1CC2(CC2)C[C@H]1c1nc(F)c(-c2ccc(C#Cc3ccc4nc([C@@H]5CC6(CC6)CN5C(=O)[C@@H](NC(=O)OC)C(C)C)[nH]c4c3)cc2)[nH]1)C(C)C. The van der Waals surface area contributed by atoms with Crippen LogP contribution in [0.5, 0.6) is 0 Å². The monoisotopic (exact) mass is 806 g/mol. The van der Waals surface area contributed by atoms with E-state index in [-0.39, 0.29) is 46.2 Å². The first kappa shape index (κ1) is 39.9. The minimum absolute atomic E-state index is 0.0128. The number of halogens is 1. The molecule has 4 fully saturated rings. The number of alkyl carbamates (subject to hydrolysis) is 2. The molecule has 0 bridgehead atoms. The van der Waals surface area contributed by atoms with Crippen molar-refractivity contribution in [2.24, 2.45) is 22.7 Å². The molecule has 2 aliphatic carbocycles. The van der Waals surface area contributed by atoms with Crippen molar-refractivity contribution in [2.75, 3.05) is 27.3 Å². The van der Waals surface area contributed by atoms with Gasteiger partial charge >= 0.3 is 12.2 Å². The average Bonchev–Trinajstić information content (AvgIpc) is 3.90. The number of fused-ring (bicyclic) bond motifs is 1. The predicted molar refractivity (Wildman–Crippen MR) is 216 cm³/mol. The van der Waals surface area contributed by atoms with Crippen molar-refractivity contribution < 1.29 is 33.0 Å². The molecule has 2 saturated heterocycles. The molecule has 2 saturated carbocycles. The fraction of sp³-hybridized carbons (Fsp3) is 0.500. The van der Waals surface area contributed by atoms with Gasteiger partial charge in [0, 0.05) is 29.8 Å². The Morgan fingerprint density at radius 3 is 1.73 bits per heavy atom. The van der Waals surface area contributed by atoms with E-state index < -0.39 is 36.3 Å². The van der Waals surface area contributed by atoms with Crippen molar-refractivity contribution in [3.63, 3.8) is 0 Å². The third-order valence-electron chi connectivity index (χ3n) is 12.6. The number of rotatable bonds is 9. The first-order valence-electron chi connectivity index (χ1n) is 20.4. The van der Waals surface area contributed by atoms with E-state index in [1.165, 1.54) is 14.2 Å². The van der Waals surface area contributed by atoms with Crippen molar-refractivity contribution in [3.8, 4) is 23.1 Å². The molecule has 2 aromatic carbocycles. The fourth-order valence-corrected chi connectivity index (χ4v) is 8.75. The molecule has 8 rings (SSSR count). The van der Waals surface area contributed by atoms with Gasteiger partial charge in [-0.2, -0.15) is 4.39 Å². The highest BCUT2D eigenvalue weighted by Gasteiger charge is 2.56. The Kier molecular flexibility index (Phi) is 10.4. The first-order valence-corrected chi connectivity index (χ1v) is 20.4. The number of hydrogen-bond acceptors (Lipinski definition) is 8. The maximum atomic E-state index is 15.5. The molecule has 14 nitrogen and oxygen atoms in total. The van der Waals surface area contributed by atoms with Crippen molar-refractivity contribution >= 4 is 35.0 Å². The van der Waals surface area contributed by atoms with E-state index >= 15 is 4.39 Å². The van der Waals surface area contributed by atoms with Gasteiger partial charge in [0.05, 0.1) is 37.3 Å². The van der Waals surface area contributed by atoms with Crippen LogP contribution in [0.1, 0.15) is 101 Å². The Labute approximate surface area is 342 Å². The van der Waals surface area contributed by atoms with E-state index in [2.05, 4.69) is 37.4 Å². The molecule has 2 spiro atoms. The average molecular weight is 807 g/mol. The van der Waals surface area contributed by atoms with Gasteiger partial charge in [-0.05, 0) is 91.5 Å². The minimum atomic E-state index is -0.789. The number of hydrogen-bond donors (Lipinski definition) is 4. The second-order valence-corrected chi connectivity index (χ2v) is 17.6. The van der Waals surface area contributed by atoms with Crippen LogP contribution in [0.4, 0.5) is 14.0 Å². The summed E-state index contributed by atoms with van der Waals surface area (Å²) in [7, 11) is 2.55. The second-order valence-electron chi connectivity index (χ2n) is 17.6. The van der Waals surface area contributed by atoms with E-state index in [9.17, 15) is 19.2 Å². The number of nitrogens with zero attached hydrogens (tertiary/aromatic N) is 4. The molecular formula is C44H51FN8O6. The highest BCUT2D eigenvalue weighted by atomic mass is 19.1. The topological polar surface area (TPSA) is 175 Å². The van der Waals surface area contributed by atoms with Crippen molar-refractivity contribution in [1.29, 1.82) is 0 Å². The van der Waals surface area contributed by atoms with Gasteiger partial charge in [-0.25, -0.2) is 19.6 Å². The first-order chi connectivity index (χ1) is 28.2. The summed E-state index contributed by atoms with van der Waals surface area (Å²) in [5.74, 6) is 6.17. The van der Waals surface area contributed by atoms with Crippen LogP contribution in [0.15, 0.2) is 42.5 Å². The van der Waals surface area contributed by atoms with Crippen molar-refractivity contribution in [2.45, 2.75) is 90.4 Å². The molecule has 310 valence electrons. The lowest BCUT2D eigenvalue weighted by atomic mass is 10.0. The molecule has 2 aliphatic heterocycles. The number of methoxy groups -OCH3 is 2. The van der Waals surface area contributed by atoms with Gasteiger partial charge < -0.3 is 39.9 Å². The number of H-pyrrole nitrogens is 2. The number of amides is 4. The summed E-state index contributed by atoms with van der Waals surface area (Å²) in [5.41, 5.74) is 3.97. The van der Waals surface area contributed by atoms with Gasteiger partial charge in [0.15, 0.2) is 0 Å². The van der Waals surface area contributed by atoms with Gasteiger partial charge in [0.25, 0.3) is 0 Å². The van der Waals surface area contributed by atoms with Crippen LogP contribution in [0.25, 0.3) is 22.3 Å². The number of nitrogens with one attached hydrogen (secondary N) is 4. The number of carbonyl (C=O) groups excluding carboxylic acids is 4. The van der Waals surface area contributed by atoms with E-state index in [0.717, 1.165) is 54.3 Å². The quantitative estimate of drug-likeness (QED) is 0.141. The van der Waals surface area contributed by atoms with Gasteiger partial charge in [-0.1, -0.05) is 51.7 Å². The molecule has 2 aromatic heterocycles. The van der Waals surface area contributed by atoms with Gasteiger partial charge in [0.1, 0.15) is 29.4 Å². The Morgan fingerprint density at radius 1 is 0.746 bits per heavy atom. The third kappa shape index (κ3) is 7.97. The van der Waals surface area contributed by atoms with Crippen LogP contribution < -0.4 is 10.6 Å². The molecular weight excluding hydrogens is 756 g/mol. The number of benzene rings is 2. The number of ether oxygens (including phenoxy) is 2. The predicted octanol–water partition coefficient (Wildman–Crippen LogP) is 6.36. The largest absolute Gasteiger partial charge is 0.453 e. The molecule has 59 heavy (non-hydrogen) atoms. The maximum Gasteiger partial charge on any atom is 0.407 e. The molecule has 4 atom stereocenters. The zero-order valence-electron chi connectivity index (χ0n) is 34.3. The van der Waals surface area contributed by atoms with Crippen LogP contribution in [0.2, 0.25) is 0 Å². The standard InChI is InChI=1S/C44H51FN8O6/c1-24(2)33(49-41(56)58-5)39(54)52-22-43(15-16-43)20-31(52)37-46-29-14-11-27(19-30(29)47-37)8-7-26-9-12-28(13-10-26)35-36(45)51-38(48-35)32-21-44(17-18-44)23-53(32)40(55)34(25(3)4)50-42(57)59-6/h9-14,19,24-25,31-34H,15-18,20-23H2,1-6H3,(H,46,47)(H,48,51)(H,49,56)(H,50,57)/t31-,32-,33-,34-/m0/s1. The molecule has 0 radical (unpaired) electrons. The molecule has 4 aliphatic rings. The lowest BCUT2D eigenvalue weighted by Gasteiger charge is -2.30. The summed E-state index contributed by atoms with van der Waals surface area (Å²) in [4.78, 5) is 71.3. The third-order valence-corrected chi connectivity index (χ3v) is 12.6. The zero-order chi connectivity index (χ0) is 41.8. The highest BCUT2D eigenvalue weighted by Crippen LogP contribution is 2.59. The summed E-state index contributed by atoms with van der Waals surface area (Å²) in [6.45, 7) is 8.68. The number of aromatic nitrogens is 4. The second kappa shape index (κ2) is 15.4. The highest BCUT2D eigenvalue weighted by molar-refractivity contribution is 5.87. The van der Waals surface area contributed by atoms with Crippen LogP contribution in [0, 0.1) is 40.5 Å². The molecule has 4 amide bonds. The molecule has 4 heterocycles. The smallest absolute Gasteiger partial charge is 0.407 e. The Morgan fingerprint density at radius 2 is 1.24 bits per heavy atom.